The Morgan fingerprint density at radius 1 is 1.13 bits per heavy atom. The molecule has 1 saturated heterocycles. The number of likely N-dealkylation sites (N-methyl/N-ethyl adjacent to an activating group) is 1. The van der Waals surface area contributed by atoms with E-state index in [9.17, 15) is 4.79 Å². The van der Waals surface area contributed by atoms with Gasteiger partial charge in [0.05, 0.1) is 16.6 Å². The fraction of sp³-hybridized carbons (Fsp3) is 0.500. The largest absolute Gasteiger partial charge is 0.354 e. The molecular formula is C22H30N6OS. The van der Waals surface area contributed by atoms with Crippen molar-refractivity contribution in [3.05, 3.63) is 35.5 Å². The van der Waals surface area contributed by atoms with Crippen LogP contribution in [0.2, 0.25) is 0 Å². The number of aromatic nitrogens is 3. The van der Waals surface area contributed by atoms with Crippen molar-refractivity contribution in [3.8, 4) is 10.4 Å². The number of piperazine rings is 1. The second kappa shape index (κ2) is 9.24. The van der Waals surface area contributed by atoms with Crippen LogP contribution in [-0.4, -0.2) is 82.5 Å². The van der Waals surface area contributed by atoms with E-state index < -0.39 is 0 Å². The van der Waals surface area contributed by atoms with Crippen LogP contribution in [0.15, 0.2) is 30.6 Å². The molecule has 0 aliphatic carbocycles. The first-order valence-electron chi connectivity index (χ1n) is 10.7. The van der Waals surface area contributed by atoms with Crippen LogP contribution in [0.3, 0.4) is 0 Å². The van der Waals surface area contributed by atoms with Gasteiger partial charge in [-0.1, -0.05) is 13.8 Å². The minimum absolute atomic E-state index is 0.0928. The summed E-state index contributed by atoms with van der Waals surface area (Å²) in [5.41, 5.74) is 1.82. The first kappa shape index (κ1) is 21.0. The van der Waals surface area contributed by atoms with E-state index in [1.165, 1.54) is 11.3 Å². The van der Waals surface area contributed by atoms with E-state index in [0.717, 1.165) is 79.1 Å². The highest BCUT2D eigenvalue weighted by Crippen LogP contribution is 2.32. The molecule has 1 fully saturated rings. The van der Waals surface area contributed by atoms with Crippen molar-refractivity contribution in [2.45, 2.75) is 20.8 Å². The lowest BCUT2D eigenvalue weighted by molar-refractivity contribution is 0.102. The molecule has 3 aromatic heterocycles. The Labute approximate surface area is 181 Å². The van der Waals surface area contributed by atoms with Gasteiger partial charge in [-0.25, -0.2) is 4.98 Å². The van der Waals surface area contributed by atoms with Crippen LogP contribution < -0.4 is 4.90 Å². The fourth-order valence-electron chi connectivity index (χ4n) is 3.99. The zero-order valence-electron chi connectivity index (χ0n) is 18.0. The van der Waals surface area contributed by atoms with Gasteiger partial charge < -0.3 is 9.80 Å². The highest BCUT2D eigenvalue weighted by atomic mass is 32.1. The molecule has 30 heavy (non-hydrogen) atoms. The number of anilines is 1. The van der Waals surface area contributed by atoms with Gasteiger partial charge >= 0.3 is 0 Å². The molecule has 0 aromatic carbocycles. The van der Waals surface area contributed by atoms with Gasteiger partial charge in [0.1, 0.15) is 5.82 Å². The summed E-state index contributed by atoms with van der Waals surface area (Å²) in [4.78, 5) is 25.5. The summed E-state index contributed by atoms with van der Waals surface area (Å²) in [7, 11) is 0. The van der Waals surface area contributed by atoms with Crippen molar-refractivity contribution >= 4 is 28.6 Å². The zero-order chi connectivity index (χ0) is 21.1. The predicted octanol–water partition coefficient (Wildman–Crippen LogP) is 3.12. The molecule has 0 saturated carbocycles. The summed E-state index contributed by atoms with van der Waals surface area (Å²) in [5.74, 6) is 1.17. The van der Waals surface area contributed by atoms with Gasteiger partial charge in [-0.3, -0.25) is 9.69 Å². The van der Waals surface area contributed by atoms with Crippen molar-refractivity contribution in [2.75, 3.05) is 57.3 Å². The van der Waals surface area contributed by atoms with E-state index in [1.807, 2.05) is 35.1 Å². The fourth-order valence-corrected chi connectivity index (χ4v) is 4.89. The molecule has 0 N–H and O–H groups in total. The molecule has 0 atom stereocenters. The van der Waals surface area contributed by atoms with Crippen molar-refractivity contribution in [3.63, 3.8) is 0 Å². The Bertz CT molecular complexity index is 1000. The average molecular weight is 427 g/mol. The Hall–Kier alpha value is -2.29. The second-order valence-corrected chi connectivity index (χ2v) is 8.76. The number of ketones is 1. The van der Waals surface area contributed by atoms with Gasteiger partial charge in [0.2, 0.25) is 0 Å². The van der Waals surface area contributed by atoms with Crippen LogP contribution in [0.1, 0.15) is 30.4 Å². The van der Waals surface area contributed by atoms with E-state index in [2.05, 4.69) is 38.6 Å². The van der Waals surface area contributed by atoms with E-state index in [0.29, 0.717) is 0 Å². The summed E-state index contributed by atoms with van der Waals surface area (Å²) >= 11 is 1.50. The van der Waals surface area contributed by atoms with E-state index in [-0.39, 0.29) is 5.78 Å². The third kappa shape index (κ3) is 4.26. The first-order valence-corrected chi connectivity index (χ1v) is 11.6. The maximum atomic E-state index is 11.7. The Balaban J connectivity index is 1.48. The van der Waals surface area contributed by atoms with Crippen molar-refractivity contribution in [1.29, 1.82) is 0 Å². The molecule has 0 unspecified atom stereocenters. The van der Waals surface area contributed by atoms with Crippen LogP contribution in [0.4, 0.5) is 5.82 Å². The predicted molar refractivity (Wildman–Crippen MR) is 123 cm³/mol. The molecule has 0 radical (unpaired) electrons. The highest BCUT2D eigenvalue weighted by molar-refractivity contribution is 7.17. The normalized spacial score (nSPS) is 15.4. The molecule has 7 nitrogen and oxygen atoms in total. The second-order valence-electron chi connectivity index (χ2n) is 7.67. The van der Waals surface area contributed by atoms with Crippen LogP contribution >= 0.6 is 11.3 Å². The standard InChI is InChI=1S/C22H30N6OS/c1-4-25(5-2)10-11-26-12-14-27(15-13-26)21-8-9-23-22-18(16-24-28(21)22)20-7-6-19(30-20)17(3)29/h6-9,16H,4-5,10-15H2,1-3H3. The Kier molecular flexibility index (Phi) is 6.46. The molecule has 0 bridgehead atoms. The Morgan fingerprint density at radius 2 is 1.90 bits per heavy atom. The number of rotatable bonds is 8. The number of carbonyl (C=O) groups excluding carboxylic acids is 1. The SMILES string of the molecule is CCN(CC)CCN1CCN(c2ccnc3c(-c4ccc(C(C)=O)s4)cnn23)CC1. The van der Waals surface area contributed by atoms with Crippen LogP contribution in [-0.2, 0) is 0 Å². The van der Waals surface area contributed by atoms with Crippen LogP contribution in [0.5, 0.6) is 0 Å². The molecule has 1 aliphatic heterocycles. The van der Waals surface area contributed by atoms with Gasteiger partial charge in [-0.05, 0) is 38.2 Å². The van der Waals surface area contributed by atoms with Crippen molar-refractivity contribution in [1.82, 2.24) is 24.4 Å². The average Bonchev–Trinajstić information content (AvgIpc) is 3.42. The molecule has 3 aromatic rings. The van der Waals surface area contributed by atoms with Gasteiger partial charge in [0, 0.05) is 50.3 Å². The molecule has 4 rings (SSSR count). The number of thiophene rings is 1. The lowest BCUT2D eigenvalue weighted by atomic mass is 10.2. The molecule has 8 heteroatoms. The zero-order valence-corrected chi connectivity index (χ0v) is 18.9. The van der Waals surface area contributed by atoms with Crippen LogP contribution in [0, 0.1) is 0 Å². The van der Waals surface area contributed by atoms with Crippen LogP contribution in [0.25, 0.3) is 16.1 Å². The number of hydrogen-bond donors (Lipinski definition) is 0. The smallest absolute Gasteiger partial charge is 0.169 e. The third-order valence-corrected chi connectivity index (χ3v) is 7.14. The van der Waals surface area contributed by atoms with Gasteiger partial charge in [0.15, 0.2) is 11.4 Å². The monoisotopic (exact) mass is 426 g/mol. The third-order valence-electron chi connectivity index (χ3n) is 5.92. The molecule has 0 amide bonds. The maximum Gasteiger partial charge on any atom is 0.169 e. The van der Waals surface area contributed by atoms with Crippen molar-refractivity contribution in [2.24, 2.45) is 0 Å². The van der Waals surface area contributed by atoms with E-state index in [1.54, 1.807) is 6.92 Å². The van der Waals surface area contributed by atoms with Crippen molar-refractivity contribution < 1.29 is 4.79 Å². The number of fused-ring (bicyclic) bond motifs is 1. The summed E-state index contributed by atoms with van der Waals surface area (Å²) in [6.45, 7) is 14.7. The lowest BCUT2D eigenvalue weighted by Gasteiger charge is -2.36. The minimum Gasteiger partial charge on any atom is -0.354 e. The van der Waals surface area contributed by atoms with Gasteiger partial charge in [-0.15, -0.1) is 11.3 Å². The van der Waals surface area contributed by atoms with E-state index >= 15 is 0 Å². The number of Topliss-reactive ketones (excluding diaryl/α,β-unsaturated/α-hetero) is 1. The molecular weight excluding hydrogens is 396 g/mol. The highest BCUT2D eigenvalue weighted by Gasteiger charge is 2.21. The number of carbonyl (C=O) groups is 1. The molecule has 160 valence electrons. The topological polar surface area (TPSA) is 57.0 Å². The minimum atomic E-state index is 0.0928. The summed E-state index contributed by atoms with van der Waals surface area (Å²) in [5, 5.41) is 4.64. The summed E-state index contributed by atoms with van der Waals surface area (Å²) in [6, 6.07) is 5.92. The molecule has 4 heterocycles. The molecule has 1 aliphatic rings. The summed E-state index contributed by atoms with van der Waals surface area (Å²) in [6.07, 6.45) is 3.73. The number of hydrogen-bond acceptors (Lipinski definition) is 7. The lowest BCUT2D eigenvalue weighted by Crippen LogP contribution is -2.49. The van der Waals surface area contributed by atoms with Gasteiger partial charge in [0.25, 0.3) is 0 Å². The van der Waals surface area contributed by atoms with E-state index in [4.69, 9.17) is 0 Å². The Morgan fingerprint density at radius 3 is 2.57 bits per heavy atom. The summed E-state index contributed by atoms with van der Waals surface area (Å²) < 4.78 is 1.94. The van der Waals surface area contributed by atoms with Gasteiger partial charge in [-0.2, -0.15) is 9.61 Å². The number of nitrogens with zero attached hydrogens (tertiary/aromatic N) is 6. The first-order chi connectivity index (χ1) is 14.6. The quantitative estimate of drug-likeness (QED) is 0.516. The maximum absolute atomic E-state index is 11.7. The molecule has 0 spiro atoms.